The van der Waals surface area contributed by atoms with Crippen LogP contribution in [0.1, 0.15) is 6.92 Å². The number of esters is 1. The molecule has 0 spiro atoms. The molecule has 0 amide bonds. The predicted molar refractivity (Wildman–Crippen MR) is 67.0 cm³/mol. The van der Waals surface area contributed by atoms with Gasteiger partial charge in [0.15, 0.2) is 0 Å². The lowest BCUT2D eigenvalue weighted by Crippen LogP contribution is -2.14. The van der Waals surface area contributed by atoms with Crippen molar-refractivity contribution in [3.8, 4) is 5.75 Å². The topological polar surface area (TPSA) is 29.5 Å². The summed E-state index contributed by atoms with van der Waals surface area (Å²) >= 11 is 1.79. The van der Waals surface area contributed by atoms with E-state index in [1.54, 1.807) is 11.8 Å². The highest BCUT2D eigenvalue weighted by Gasteiger charge is 1.99. The molecule has 0 saturated carbocycles. The fraction of sp³-hybridized carbons (Fsp3) is 0.417. The Morgan fingerprint density at radius 2 is 1.94 bits per heavy atom. The average molecular weight is 239 g/mol. The molecule has 1 aromatic carbocycles. The molecule has 0 atom stereocenters. The van der Waals surface area contributed by atoms with Crippen molar-refractivity contribution in [2.45, 2.75) is 11.8 Å². The Hall–Kier alpha value is -1.00. The Kier molecular flexibility index (Phi) is 5.35. The van der Waals surface area contributed by atoms with E-state index in [4.69, 9.17) is 4.74 Å². The van der Waals surface area contributed by atoms with Crippen molar-refractivity contribution < 1.29 is 9.53 Å². The summed E-state index contributed by atoms with van der Waals surface area (Å²) in [4.78, 5) is 14.1. The number of rotatable bonds is 5. The second kappa shape index (κ2) is 6.55. The number of carbonyl (C=O) groups excluding carboxylic acids is 1. The van der Waals surface area contributed by atoms with Gasteiger partial charge in [0.25, 0.3) is 0 Å². The predicted octanol–water partition coefficient (Wildman–Crippen LogP) is 2.27. The van der Waals surface area contributed by atoms with Gasteiger partial charge in [0.2, 0.25) is 0 Å². The lowest BCUT2D eigenvalue weighted by molar-refractivity contribution is -0.131. The smallest absolute Gasteiger partial charge is 0.308 e. The maximum atomic E-state index is 10.7. The number of hydrogen-bond donors (Lipinski definition) is 0. The molecular formula is C12H17NO2S. The van der Waals surface area contributed by atoms with Gasteiger partial charge in [-0.15, -0.1) is 11.8 Å². The number of hydrogen-bond acceptors (Lipinski definition) is 4. The molecule has 0 saturated heterocycles. The van der Waals surface area contributed by atoms with Crippen LogP contribution in [0.25, 0.3) is 0 Å². The van der Waals surface area contributed by atoms with Crippen LogP contribution in [0.4, 0.5) is 0 Å². The zero-order valence-electron chi connectivity index (χ0n) is 9.90. The molecule has 4 heteroatoms. The first-order valence-electron chi connectivity index (χ1n) is 5.14. The van der Waals surface area contributed by atoms with E-state index in [1.165, 1.54) is 11.8 Å². The minimum absolute atomic E-state index is 0.284. The van der Waals surface area contributed by atoms with Crippen molar-refractivity contribution >= 4 is 17.7 Å². The highest BCUT2D eigenvalue weighted by molar-refractivity contribution is 7.99. The normalized spacial score (nSPS) is 10.5. The maximum absolute atomic E-state index is 10.7. The standard InChI is InChI=1S/C12H17NO2S/c1-10(14)15-11-4-6-12(7-5-11)16-9-8-13(2)3/h4-7H,8-9H2,1-3H3. The van der Waals surface area contributed by atoms with E-state index in [-0.39, 0.29) is 5.97 Å². The van der Waals surface area contributed by atoms with Crippen LogP contribution in [0.5, 0.6) is 5.75 Å². The summed E-state index contributed by atoms with van der Waals surface area (Å²) in [6.45, 7) is 2.45. The Bertz CT molecular complexity index is 335. The number of nitrogens with zero attached hydrogens (tertiary/aromatic N) is 1. The third-order valence-corrected chi connectivity index (χ3v) is 2.88. The number of ether oxygens (including phenoxy) is 1. The van der Waals surface area contributed by atoms with Crippen LogP contribution in [-0.4, -0.2) is 37.3 Å². The fourth-order valence-corrected chi connectivity index (χ4v) is 2.14. The van der Waals surface area contributed by atoms with Gasteiger partial charge in [-0.2, -0.15) is 0 Å². The molecule has 0 fully saturated rings. The summed E-state index contributed by atoms with van der Waals surface area (Å²) in [5.74, 6) is 1.37. The first-order chi connectivity index (χ1) is 7.58. The molecule has 0 radical (unpaired) electrons. The van der Waals surface area contributed by atoms with Gasteiger partial charge in [-0.05, 0) is 38.4 Å². The lowest BCUT2D eigenvalue weighted by atomic mass is 10.3. The van der Waals surface area contributed by atoms with Crippen molar-refractivity contribution in [1.82, 2.24) is 4.90 Å². The molecule has 0 aliphatic heterocycles. The van der Waals surface area contributed by atoms with Gasteiger partial charge in [-0.1, -0.05) is 0 Å². The molecule has 1 rings (SSSR count). The van der Waals surface area contributed by atoms with E-state index in [0.717, 1.165) is 12.3 Å². The van der Waals surface area contributed by atoms with Gasteiger partial charge in [-0.25, -0.2) is 0 Å². The van der Waals surface area contributed by atoms with E-state index in [0.29, 0.717) is 5.75 Å². The molecule has 88 valence electrons. The van der Waals surface area contributed by atoms with Gasteiger partial charge >= 0.3 is 5.97 Å². The monoisotopic (exact) mass is 239 g/mol. The quantitative estimate of drug-likeness (QED) is 0.448. The summed E-state index contributed by atoms with van der Waals surface area (Å²) in [5.41, 5.74) is 0. The van der Waals surface area contributed by atoms with Gasteiger partial charge < -0.3 is 9.64 Å². The third kappa shape index (κ3) is 5.19. The van der Waals surface area contributed by atoms with E-state index >= 15 is 0 Å². The van der Waals surface area contributed by atoms with Gasteiger partial charge in [0.05, 0.1) is 0 Å². The molecule has 0 bridgehead atoms. The first-order valence-corrected chi connectivity index (χ1v) is 6.12. The average Bonchev–Trinajstić information content (AvgIpc) is 2.19. The van der Waals surface area contributed by atoms with Crippen LogP contribution >= 0.6 is 11.8 Å². The SMILES string of the molecule is CC(=O)Oc1ccc(SCCN(C)C)cc1. The van der Waals surface area contributed by atoms with Crippen LogP contribution in [0.3, 0.4) is 0 Å². The molecule has 0 N–H and O–H groups in total. The maximum Gasteiger partial charge on any atom is 0.308 e. The Labute approximate surface area is 101 Å². The van der Waals surface area contributed by atoms with E-state index in [2.05, 4.69) is 19.0 Å². The molecule has 0 unspecified atom stereocenters. The van der Waals surface area contributed by atoms with Crippen molar-refractivity contribution in [1.29, 1.82) is 0 Å². The van der Waals surface area contributed by atoms with Crippen molar-refractivity contribution in [3.05, 3.63) is 24.3 Å². The van der Waals surface area contributed by atoms with Crippen LogP contribution in [0.2, 0.25) is 0 Å². The zero-order chi connectivity index (χ0) is 12.0. The van der Waals surface area contributed by atoms with Crippen LogP contribution in [-0.2, 0) is 4.79 Å². The van der Waals surface area contributed by atoms with Crippen molar-refractivity contribution in [2.24, 2.45) is 0 Å². The van der Waals surface area contributed by atoms with Gasteiger partial charge in [0, 0.05) is 24.1 Å². The Morgan fingerprint density at radius 3 is 2.44 bits per heavy atom. The Balaban J connectivity index is 2.42. The molecule has 0 aromatic heterocycles. The lowest BCUT2D eigenvalue weighted by Gasteiger charge is -2.08. The minimum Gasteiger partial charge on any atom is -0.427 e. The third-order valence-electron chi connectivity index (χ3n) is 1.89. The summed E-state index contributed by atoms with van der Waals surface area (Å²) in [5, 5.41) is 0. The summed E-state index contributed by atoms with van der Waals surface area (Å²) in [6, 6.07) is 7.58. The van der Waals surface area contributed by atoms with Gasteiger partial charge in [-0.3, -0.25) is 4.79 Å². The highest BCUT2D eigenvalue weighted by Crippen LogP contribution is 2.21. The highest BCUT2D eigenvalue weighted by atomic mass is 32.2. The molecule has 0 heterocycles. The molecule has 0 aliphatic carbocycles. The summed E-state index contributed by atoms with van der Waals surface area (Å²) in [6.07, 6.45) is 0. The molecule has 0 aliphatic rings. The Morgan fingerprint density at radius 1 is 1.31 bits per heavy atom. The first kappa shape index (κ1) is 13.1. The largest absolute Gasteiger partial charge is 0.427 e. The van der Waals surface area contributed by atoms with Crippen LogP contribution < -0.4 is 4.74 Å². The van der Waals surface area contributed by atoms with Gasteiger partial charge in [0.1, 0.15) is 5.75 Å². The fourth-order valence-electron chi connectivity index (χ4n) is 1.12. The van der Waals surface area contributed by atoms with E-state index in [1.807, 2.05) is 24.3 Å². The number of carbonyl (C=O) groups is 1. The summed E-state index contributed by atoms with van der Waals surface area (Å²) < 4.78 is 4.96. The second-order valence-corrected chi connectivity index (χ2v) is 4.89. The summed E-state index contributed by atoms with van der Waals surface area (Å²) in [7, 11) is 4.12. The molecular weight excluding hydrogens is 222 g/mol. The van der Waals surface area contributed by atoms with E-state index < -0.39 is 0 Å². The zero-order valence-corrected chi connectivity index (χ0v) is 10.7. The number of thioether (sulfide) groups is 1. The number of benzene rings is 1. The van der Waals surface area contributed by atoms with Crippen LogP contribution in [0, 0.1) is 0 Å². The van der Waals surface area contributed by atoms with Crippen molar-refractivity contribution in [2.75, 3.05) is 26.4 Å². The molecule has 16 heavy (non-hydrogen) atoms. The minimum atomic E-state index is -0.284. The molecule has 1 aromatic rings. The van der Waals surface area contributed by atoms with Crippen molar-refractivity contribution in [3.63, 3.8) is 0 Å². The molecule has 3 nitrogen and oxygen atoms in total. The van der Waals surface area contributed by atoms with Crippen LogP contribution in [0.15, 0.2) is 29.2 Å². The van der Waals surface area contributed by atoms with E-state index in [9.17, 15) is 4.79 Å². The second-order valence-electron chi connectivity index (χ2n) is 3.72.